The van der Waals surface area contributed by atoms with Crippen molar-refractivity contribution in [3.8, 4) is 0 Å². The van der Waals surface area contributed by atoms with Crippen LogP contribution in [0.5, 0.6) is 0 Å². The second-order valence-corrected chi connectivity index (χ2v) is 9.04. The Kier molecular flexibility index (Phi) is 6.08. The van der Waals surface area contributed by atoms with Crippen molar-refractivity contribution in [2.24, 2.45) is 7.05 Å². The number of hydrogen-bond donors (Lipinski definition) is 2. The van der Waals surface area contributed by atoms with Crippen molar-refractivity contribution in [2.75, 3.05) is 31.1 Å². The molecule has 1 atom stereocenters. The van der Waals surface area contributed by atoms with Crippen molar-refractivity contribution in [1.82, 2.24) is 25.4 Å². The van der Waals surface area contributed by atoms with Gasteiger partial charge in [0.1, 0.15) is 5.82 Å². The third kappa shape index (κ3) is 4.35. The molecule has 0 radical (unpaired) electrons. The number of anilines is 1. The Balaban J connectivity index is 1.32. The average Bonchev–Trinajstić information content (AvgIpc) is 2.99. The predicted molar refractivity (Wildman–Crippen MR) is 127 cm³/mol. The number of fused-ring (bicyclic) bond motifs is 1. The molecule has 2 aliphatic heterocycles. The van der Waals surface area contributed by atoms with Crippen LogP contribution in [0.15, 0.2) is 42.5 Å². The summed E-state index contributed by atoms with van der Waals surface area (Å²) in [5.74, 6) is 1.48. The van der Waals surface area contributed by atoms with Gasteiger partial charge in [0.25, 0.3) is 5.91 Å². The number of aromatic nitrogens is 3. The van der Waals surface area contributed by atoms with Crippen molar-refractivity contribution in [3.63, 3.8) is 0 Å². The number of aryl methyl sites for hydroxylation is 1. The first-order chi connectivity index (χ1) is 15.7. The van der Waals surface area contributed by atoms with E-state index in [9.17, 15) is 4.79 Å². The second kappa shape index (κ2) is 9.28. The Hall–Kier alpha value is -2.93. The van der Waals surface area contributed by atoms with E-state index in [1.807, 2.05) is 19.2 Å². The summed E-state index contributed by atoms with van der Waals surface area (Å²) in [4.78, 5) is 20.2. The molecule has 1 unspecified atom stereocenters. The number of rotatable bonds is 4. The summed E-state index contributed by atoms with van der Waals surface area (Å²) >= 11 is 0. The number of amides is 1. The highest BCUT2D eigenvalue weighted by atomic mass is 16.2. The minimum atomic E-state index is -0.0995. The van der Waals surface area contributed by atoms with Crippen LogP contribution >= 0.6 is 0 Å². The average molecular weight is 433 g/mol. The molecule has 5 rings (SSSR count). The van der Waals surface area contributed by atoms with Gasteiger partial charge >= 0.3 is 0 Å². The van der Waals surface area contributed by atoms with Gasteiger partial charge < -0.3 is 15.5 Å². The van der Waals surface area contributed by atoms with Gasteiger partial charge in [-0.1, -0.05) is 30.3 Å². The molecule has 32 heavy (non-hydrogen) atoms. The van der Waals surface area contributed by atoms with E-state index < -0.39 is 0 Å². The molecule has 4 heterocycles. The van der Waals surface area contributed by atoms with E-state index in [1.54, 1.807) is 4.68 Å². The molecule has 2 fully saturated rings. The van der Waals surface area contributed by atoms with Crippen LogP contribution in [0.1, 0.15) is 54.1 Å². The fourth-order valence-electron chi connectivity index (χ4n) is 5.07. The van der Waals surface area contributed by atoms with Gasteiger partial charge in [0.2, 0.25) is 0 Å². The lowest BCUT2D eigenvalue weighted by Gasteiger charge is -2.23. The molecular weight excluding hydrogens is 400 g/mol. The topological polar surface area (TPSA) is 75.1 Å². The van der Waals surface area contributed by atoms with Crippen molar-refractivity contribution in [3.05, 3.63) is 53.7 Å². The van der Waals surface area contributed by atoms with Crippen LogP contribution in [-0.4, -0.2) is 52.9 Å². The Morgan fingerprint density at radius 1 is 1.03 bits per heavy atom. The first kappa shape index (κ1) is 20.9. The first-order valence-electron chi connectivity index (χ1n) is 11.8. The zero-order chi connectivity index (χ0) is 21.9. The molecule has 2 aliphatic rings. The smallest absolute Gasteiger partial charge is 0.272 e. The van der Waals surface area contributed by atoms with E-state index in [1.165, 1.54) is 12.0 Å². The summed E-state index contributed by atoms with van der Waals surface area (Å²) in [6.07, 6.45) is 5.39. The van der Waals surface area contributed by atoms with Crippen molar-refractivity contribution < 1.29 is 4.79 Å². The minimum Gasteiger partial charge on any atom is -0.357 e. The molecule has 2 saturated heterocycles. The Morgan fingerprint density at radius 2 is 1.84 bits per heavy atom. The number of carbonyl (C=O) groups excluding carboxylic acids is 1. The highest BCUT2D eigenvalue weighted by Gasteiger charge is 2.23. The van der Waals surface area contributed by atoms with E-state index in [0.717, 1.165) is 68.7 Å². The van der Waals surface area contributed by atoms with Crippen LogP contribution in [0.25, 0.3) is 11.0 Å². The Morgan fingerprint density at radius 3 is 2.66 bits per heavy atom. The monoisotopic (exact) mass is 432 g/mol. The highest BCUT2D eigenvalue weighted by Crippen LogP contribution is 2.30. The predicted octanol–water partition coefficient (Wildman–Crippen LogP) is 3.22. The number of pyridine rings is 1. The van der Waals surface area contributed by atoms with Gasteiger partial charge in [-0.2, -0.15) is 5.10 Å². The fraction of sp³-hybridized carbons (Fsp3) is 0.480. The molecule has 0 spiro atoms. The first-order valence-corrected chi connectivity index (χ1v) is 11.8. The van der Waals surface area contributed by atoms with E-state index in [-0.39, 0.29) is 11.9 Å². The summed E-state index contributed by atoms with van der Waals surface area (Å²) in [6.45, 7) is 3.88. The quantitative estimate of drug-likeness (QED) is 0.662. The number of carbonyl (C=O) groups is 1. The highest BCUT2D eigenvalue weighted by molar-refractivity contribution is 6.04. The van der Waals surface area contributed by atoms with E-state index in [4.69, 9.17) is 4.98 Å². The molecule has 3 aromatic rings. The van der Waals surface area contributed by atoms with Crippen LogP contribution in [0.4, 0.5) is 5.82 Å². The summed E-state index contributed by atoms with van der Waals surface area (Å²) in [5.41, 5.74) is 2.68. The van der Waals surface area contributed by atoms with Gasteiger partial charge in [-0.3, -0.25) is 4.79 Å². The molecule has 0 saturated carbocycles. The SMILES string of the molecule is Cn1nc(C(=O)NC2CCNCC2)c2ccc(N3CCCC(c4ccccc4)CC3)nc21. The van der Waals surface area contributed by atoms with Gasteiger partial charge in [0.05, 0.1) is 5.39 Å². The van der Waals surface area contributed by atoms with Gasteiger partial charge in [0.15, 0.2) is 11.3 Å². The fourth-order valence-corrected chi connectivity index (χ4v) is 5.07. The maximum absolute atomic E-state index is 12.9. The van der Waals surface area contributed by atoms with Gasteiger partial charge in [0, 0.05) is 26.2 Å². The number of piperidine rings is 1. The lowest BCUT2D eigenvalue weighted by Crippen LogP contribution is -2.42. The van der Waals surface area contributed by atoms with Gasteiger partial charge in [-0.05, 0) is 68.8 Å². The summed E-state index contributed by atoms with van der Waals surface area (Å²) in [7, 11) is 1.87. The van der Waals surface area contributed by atoms with Crippen molar-refractivity contribution in [1.29, 1.82) is 0 Å². The third-order valence-corrected chi connectivity index (χ3v) is 6.88. The molecule has 1 amide bonds. The lowest BCUT2D eigenvalue weighted by atomic mass is 9.92. The third-order valence-electron chi connectivity index (χ3n) is 6.88. The van der Waals surface area contributed by atoms with E-state index >= 15 is 0 Å². The Labute approximate surface area is 189 Å². The normalized spacial score (nSPS) is 20.3. The second-order valence-electron chi connectivity index (χ2n) is 9.04. The maximum atomic E-state index is 12.9. The molecular formula is C25H32N6O. The number of benzene rings is 1. The molecule has 2 aromatic heterocycles. The van der Waals surface area contributed by atoms with Gasteiger partial charge in [-0.25, -0.2) is 9.67 Å². The largest absolute Gasteiger partial charge is 0.357 e. The molecule has 168 valence electrons. The number of nitrogens with one attached hydrogen (secondary N) is 2. The number of hydrogen-bond acceptors (Lipinski definition) is 5. The van der Waals surface area contributed by atoms with Crippen LogP contribution in [0.2, 0.25) is 0 Å². The summed E-state index contributed by atoms with van der Waals surface area (Å²) < 4.78 is 1.74. The zero-order valence-electron chi connectivity index (χ0n) is 18.8. The summed E-state index contributed by atoms with van der Waals surface area (Å²) in [5, 5.41) is 11.8. The van der Waals surface area contributed by atoms with E-state index in [2.05, 4.69) is 51.0 Å². The minimum absolute atomic E-state index is 0.0995. The molecule has 2 N–H and O–H groups in total. The van der Waals surface area contributed by atoms with Gasteiger partial charge in [-0.15, -0.1) is 0 Å². The summed E-state index contributed by atoms with van der Waals surface area (Å²) in [6, 6.07) is 15.1. The van der Waals surface area contributed by atoms with Crippen LogP contribution in [0, 0.1) is 0 Å². The van der Waals surface area contributed by atoms with Crippen LogP contribution in [-0.2, 0) is 7.05 Å². The molecule has 0 aliphatic carbocycles. The lowest BCUT2D eigenvalue weighted by molar-refractivity contribution is 0.0925. The number of nitrogens with zero attached hydrogens (tertiary/aromatic N) is 4. The molecule has 7 nitrogen and oxygen atoms in total. The standard InChI is InChI=1S/C25H32N6O/c1-30-24-21(23(29-30)25(32)27-20-11-14-26-15-12-20)9-10-22(28-24)31-16-5-8-19(13-17-31)18-6-3-2-4-7-18/h2-4,6-7,9-10,19-20,26H,5,8,11-17H2,1H3,(H,27,32). The molecule has 1 aromatic carbocycles. The van der Waals surface area contributed by atoms with E-state index in [0.29, 0.717) is 11.6 Å². The van der Waals surface area contributed by atoms with Crippen LogP contribution in [0.3, 0.4) is 0 Å². The van der Waals surface area contributed by atoms with Crippen LogP contribution < -0.4 is 15.5 Å². The Bertz CT molecular complexity index is 1070. The van der Waals surface area contributed by atoms with Crippen molar-refractivity contribution in [2.45, 2.75) is 44.1 Å². The zero-order valence-corrected chi connectivity index (χ0v) is 18.8. The van der Waals surface area contributed by atoms with Crippen molar-refractivity contribution >= 4 is 22.8 Å². The molecule has 0 bridgehead atoms. The maximum Gasteiger partial charge on any atom is 0.272 e. The molecule has 7 heteroatoms.